The third kappa shape index (κ3) is 10.2. The highest BCUT2D eigenvalue weighted by atomic mass is 19.1. The van der Waals surface area contributed by atoms with Crippen molar-refractivity contribution < 1.29 is 36.6 Å². The summed E-state index contributed by atoms with van der Waals surface area (Å²) in [5, 5.41) is 17.9. The van der Waals surface area contributed by atoms with Crippen LogP contribution in [0, 0.1) is 45.9 Å². The highest BCUT2D eigenvalue weighted by Crippen LogP contribution is 2.29. The number of esters is 2. The Morgan fingerprint density at radius 1 is 0.456 bits per heavy atom. The number of hydrogen-bond donors (Lipinski definition) is 0. The lowest BCUT2D eigenvalue weighted by Crippen LogP contribution is -2.11. The summed E-state index contributed by atoms with van der Waals surface area (Å²) in [5.41, 5.74) is 3.43. The fraction of sp³-hybridized carbons (Fsp3) is 0.149. The molecule has 0 unspecified atom stereocenters. The molecule has 0 heterocycles. The molecule has 10 heteroatoms. The number of nitrogens with zero attached hydrogens (tertiary/aromatic N) is 2. The molecule has 6 nitrogen and oxygen atoms in total. The van der Waals surface area contributed by atoms with E-state index in [1.165, 1.54) is 48.5 Å². The van der Waals surface area contributed by atoms with Gasteiger partial charge in [-0.3, -0.25) is 0 Å². The summed E-state index contributed by atoms with van der Waals surface area (Å²) in [5.74, 6) is -4.76. The van der Waals surface area contributed by atoms with Crippen LogP contribution in [0.1, 0.15) is 75.1 Å². The molecule has 0 atom stereocenters. The Kier molecular flexibility index (Phi) is 12.9. The topological polar surface area (TPSA) is 100 Å². The van der Waals surface area contributed by atoms with E-state index in [0.29, 0.717) is 35.1 Å². The van der Waals surface area contributed by atoms with Gasteiger partial charge in [0, 0.05) is 23.3 Å². The van der Waals surface area contributed by atoms with Gasteiger partial charge in [-0.15, -0.1) is 0 Å². The molecule has 0 fully saturated rings. The van der Waals surface area contributed by atoms with E-state index in [-0.39, 0.29) is 33.8 Å². The van der Waals surface area contributed by atoms with Crippen LogP contribution in [0.2, 0.25) is 0 Å². The van der Waals surface area contributed by atoms with Crippen molar-refractivity contribution in [3.63, 3.8) is 0 Å². The van der Waals surface area contributed by atoms with Gasteiger partial charge in [0.05, 0.1) is 34.4 Å². The fourth-order valence-corrected chi connectivity index (χ4v) is 6.31. The first-order chi connectivity index (χ1) is 27.6. The maximum atomic E-state index is 14.9. The number of hydrogen-bond acceptors (Lipinski definition) is 6. The highest BCUT2D eigenvalue weighted by Gasteiger charge is 2.18. The first-order valence-corrected chi connectivity index (χ1v) is 18.2. The summed E-state index contributed by atoms with van der Waals surface area (Å²) in [4.78, 5) is 25.4. The monoisotopic (exact) mass is 766 g/mol. The average Bonchev–Trinajstić information content (AvgIpc) is 3.20. The molecule has 57 heavy (non-hydrogen) atoms. The van der Waals surface area contributed by atoms with Crippen LogP contribution in [0.15, 0.2) is 121 Å². The van der Waals surface area contributed by atoms with Crippen molar-refractivity contribution in [3.05, 3.63) is 178 Å². The zero-order chi connectivity index (χ0) is 40.3. The Morgan fingerprint density at radius 3 is 1.19 bits per heavy atom. The summed E-state index contributed by atoms with van der Waals surface area (Å²) in [6.45, 7) is 0. The minimum absolute atomic E-state index is 0.0693. The molecule has 284 valence electrons. The van der Waals surface area contributed by atoms with Gasteiger partial charge in [-0.2, -0.15) is 10.5 Å². The van der Waals surface area contributed by atoms with Gasteiger partial charge in [0.2, 0.25) is 0 Å². The van der Waals surface area contributed by atoms with Crippen molar-refractivity contribution in [1.29, 1.82) is 10.5 Å². The second-order valence-electron chi connectivity index (χ2n) is 13.3. The molecule has 6 aromatic rings. The molecule has 0 saturated heterocycles. The van der Waals surface area contributed by atoms with Gasteiger partial charge in [-0.05, 0) is 121 Å². The number of ether oxygens (including phenoxy) is 2. The molecule has 0 amide bonds. The number of nitriles is 2. The molecule has 6 aromatic carbocycles. The largest absolute Gasteiger partial charge is 0.423 e. The number of carbonyl (C=O) groups is 2. The van der Waals surface area contributed by atoms with E-state index in [4.69, 9.17) is 20.0 Å². The van der Waals surface area contributed by atoms with Crippen LogP contribution in [-0.4, -0.2) is 11.9 Å². The fourth-order valence-electron chi connectivity index (χ4n) is 6.31. The Hall–Kier alpha value is -7.04. The molecular formula is C47H34F4N2O4. The van der Waals surface area contributed by atoms with Gasteiger partial charge in [0.15, 0.2) is 0 Å². The van der Waals surface area contributed by atoms with Crippen molar-refractivity contribution in [1.82, 2.24) is 0 Å². The van der Waals surface area contributed by atoms with Crippen molar-refractivity contribution >= 4 is 11.9 Å². The van der Waals surface area contributed by atoms with Crippen LogP contribution in [0.3, 0.4) is 0 Å². The third-order valence-electron chi connectivity index (χ3n) is 9.39. The lowest BCUT2D eigenvalue weighted by molar-refractivity contribution is 0.0719. The summed E-state index contributed by atoms with van der Waals surface area (Å²) < 4.78 is 69.9. The van der Waals surface area contributed by atoms with E-state index in [1.807, 2.05) is 12.1 Å². The smallest absolute Gasteiger partial charge is 0.346 e. The number of carbonyl (C=O) groups excluding carboxylic acids is 2. The zero-order valence-electron chi connectivity index (χ0n) is 30.5. The summed E-state index contributed by atoms with van der Waals surface area (Å²) in [7, 11) is 0. The first-order valence-electron chi connectivity index (χ1n) is 18.2. The van der Waals surface area contributed by atoms with E-state index in [2.05, 4.69) is 0 Å². The Balaban J connectivity index is 0.905. The second kappa shape index (κ2) is 18.5. The Labute approximate surface area is 327 Å². The number of unbranched alkanes of at least 4 members (excludes halogenated alkanes) is 4. The molecule has 0 bridgehead atoms. The number of rotatable bonds is 14. The highest BCUT2D eigenvalue weighted by molar-refractivity contribution is 5.92. The van der Waals surface area contributed by atoms with E-state index in [0.717, 1.165) is 55.4 Å². The molecule has 0 saturated carbocycles. The van der Waals surface area contributed by atoms with E-state index < -0.39 is 35.2 Å². The molecule has 0 aliphatic heterocycles. The van der Waals surface area contributed by atoms with Crippen LogP contribution in [0.5, 0.6) is 11.5 Å². The molecule has 0 aromatic heterocycles. The maximum Gasteiger partial charge on any atom is 0.346 e. The average molecular weight is 767 g/mol. The normalized spacial score (nSPS) is 10.7. The lowest BCUT2D eigenvalue weighted by Gasteiger charge is -2.09. The maximum absolute atomic E-state index is 14.9. The first kappa shape index (κ1) is 39.6. The Bertz CT molecular complexity index is 2330. The van der Waals surface area contributed by atoms with Gasteiger partial charge in [-0.25, -0.2) is 27.2 Å². The number of aryl methyl sites for hydroxylation is 2. The molecule has 0 aliphatic carbocycles. The molecular weight excluding hydrogens is 733 g/mol. The van der Waals surface area contributed by atoms with Gasteiger partial charge in [0.1, 0.15) is 34.8 Å². The Morgan fingerprint density at radius 2 is 0.842 bits per heavy atom. The van der Waals surface area contributed by atoms with E-state index in [1.54, 1.807) is 60.7 Å². The standard InChI is InChI=1S/C47H34F4N2O4/c48-42-24-30(12-20-40(42)46(54)56-36-18-22-38(44(50)26-36)34-14-8-32(28-52)9-15-34)6-4-2-1-3-5-7-31-13-21-41(43(49)25-31)47(55)57-37-19-23-39(45(51)27-37)35-16-10-33(29-53)11-17-35/h8-27H,1-7H2. The second-order valence-corrected chi connectivity index (χ2v) is 13.3. The van der Waals surface area contributed by atoms with Crippen LogP contribution < -0.4 is 9.47 Å². The van der Waals surface area contributed by atoms with Crippen LogP contribution in [0.25, 0.3) is 22.3 Å². The summed E-state index contributed by atoms with van der Waals surface area (Å²) in [6.07, 6.45) is 5.45. The molecule has 0 aliphatic rings. The van der Waals surface area contributed by atoms with Crippen molar-refractivity contribution in [2.75, 3.05) is 0 Å². The predicted octanol–water partition coefficient (Wildman–Crippen LogP) is 11.5. The molecule has 6 rings (SSSR count). The lowest BCUT2D eigenvalue weighted by atomic mass is 10.0. The molecule has 0 radical (unpaired) electrons. The van der Waals surface area contributed by atoms with Crippen molar-refractivity contribution in [2.24, 2.45) is 0 Å². The van der Waals surface area contributed by atoms with Crippen LogP contribution >= 0.6 is 0 Å². The van der Waals surface area contributed by atoms with Gasteiger partial charge in [-0.1, -0.05) is 55.7 Å². The van der Waals surface area contributed by atoms with Crippen molar-refractivity contribution in [2.45, 2.75) is 44.9 Å². The van der Waals surface area contributed by atoms with Gasteiger partial charge < -0.3 is 9.47 Å². The van der Waals surface area contributed by atoms with E-state index in [9.17, 15) is 27.2 Å². The number of benzene rings is 6. The number of halogens is 4. The van der Waals surface area contributed by atoms with Crippen molar-refractivity contribution in [3.8, 4) is 45.9 Å². The minimum Gasteiger partial charge on any atom is -0.423 e. The van der Waals surface area contributed by atoms with Gasteiger partial charge >= 0.3 is 11.9 Å². The zero-order valence-corrected chi connectivity index (χ0v) is 30.5. The third-order valence-corrected chi connectivity index (χ3v) is 9.39. The van der Waals surface area contributed by atoms with E-state index >= 15 is 0 Å². The summed E-state index contributed by atoms with van der Waals surface area (Å²) in [6, 6.07) is 33.2. The molecule has 0 spiro atoms. The quantitative estimate of drug-likeness (QED) is 0.0474. The minimum atomic E-state index is -0.945. The van der Waals surface area contributed by atoms with Crippen LogP contribution in [-0.2, 0) is 12.8 Å². The summed E-state index contributed by atoms with van der Waals surface area (Å²) >= 11 is 0. The van der Waals surface area contributed by atoms with Crippen LogP contribution in [0.4, 0.5) is 17.6 Å². The predicted molar refractivity (Wildman–Crippen MR) is 206 cm³/mol. The van der Waals surface area contributed by atoms with Gasteiger partial charge in [0.25, 0.3) is 0 Å². The SMILES string of the molecule is N#Cc1ccc(-c2ccc(OC(=O)c3ccc(CCCCCCCc4ccc(C(=O)Oc5ccc(-c6ccc(C#N)cc6)c(F)c5)c(F)c4)cc3F)cc2F)cc1. The molecule has 0 N–H and O–H groups in total.